The molecule has 2 unspecified atom stereocenters. The van der Waals surface area contributed by atoms with Crippen LogP contribution in [0.5, 0.6) is 0 Å². The van der Waals surface area contributed by atoms with Crippen LogP contribution in [0.1, 0.15) is 52.4 Å². The molecule has 0 aromatic heterocycles. The molecule has 5 nitrogen and oxygen atoms in total. The summed E-state index contributed by atoms with van der Waals surface area (Å²) < 4.78 is 0. The van der Waals surface area contributed by atoms with Gasteiger partial charge in [-0.1, -0.05) is 6.42 Å². The van der Waals surface area contributed by atoms with Crippen molar-refractivity contribution in [1.29, 1.82) is 0 Å². The quantitative estimate of drug-likeness (QED) is 0.755. The third kappa shape index (κ3) is 5.43. The fourth-order valence-electron chi connectivity index (χ4n) is 3.51. The molecule has 128 valence electrons. The van der Waals surface area contributed by atoms with Gasteiger partial charge in [0.25, 0.3) is 0 Å². The Morgan fingerprint density at radius 1 is 1.23 bits per heavy atom. The molecule has 1 N–H and O–H groups in total. The van der Waals surface area contributed by atoms with Gasteiger partial charge in [-0.2, -0.15) is 0 Å². The molecule has 2 heterocycles. The largest absolute Gasteiger partial charge is 0.355 e. The monoisotopic (exact) mass is 331 g/mol. The van der Waals surface area contributed by atoms with E-state index < -0.39 is 0 Å². The maximum Gasteiger partial charge on any atom is 0.239 e. The van der Waals surface area contributed by atoms with Crippen LogP contribution in [0.3, 0.4) is 0 Å². The van der Waals surface area contributed by atoms with Crippen LogP contribution in [0.2, 0.25) is 0 Å². The van der Waals surface area contributed by atoms with Gasteiger partial charge >= 0.3 is 0 Å². The minimum Gasteiger partial charge on any atom is -0.355 e. The van der Waals surface area contributed by atoms with Crippen molar-refractivity contribution in [2.45, 2.75) is 64.5 Å². The molecule has 2 saturated heterocycles. The van der Waals surface area contributed by atoms with E-state index in [1.807, 2.05) is 0 Å². The Morgan fingerprint density at radius 3 is 2.50 bits per heavy atom. The third-order valence-electron chi connectivity index (χ3n) is 4.80. The van der Waals surface area contributed by atoms with Crippen molar-refractivity contribution in [3.8, 4) is 0 Å². The summed E-state index contributed by atoms with van der Waals surface area (Å²) in [6.07, 6.45) is 6.37. The van der Waals surface area contributed by atoms with Crippen LogP contribution in [0.15, 0.2) is 0 Å². The second-order valence-corrected chi connectivity index (χ2v) is 6.49. The summed E-state index contributed by atoms with van der Waals surface area (Å²) in [5, 5.41) is 2.94. The number of likely N-dealkylation sites (tertiary alicyclic amines) is 2. The number of hydrogen-bond acceptors (Lipinski definition) is 3. The first kappa shape index (κ1) is 19.2. The van der Waals surface area contributed by atoms with Gasteiger partial charge in [-0.25, -0.2) is 0 Å². The molecule has 2 rings (SSSR count). The number of nitrogens with one attached hydrogen (secondary N) is 1. The van der Waals surface area contributed by atoms with Crippen molar-refractivity contribution < 1.29 is 9.59 Å². The number of halogens is 1. The number of carbonyl (C=O) groups is 2. The molecule has 2 amide bonds. The number of rotatable bonds is 6. The molecule has 22 heavy (non-hydrogen) atoms. The summed E-state index contributed by atoms with van der Waals surface area (Å²) in [5.41, 5.74) is 0. The number of piperidine rings is 1. The highest BCUT2D eigenvalue weighted by Crippen LogP contribution is 2.22. The summed E-state index contributed by atoms with van der Waals surface area (Å²) in [6.45, 7) is 7.31. The van der Waals surface area contributed by atoms with Gasteiger partial charge in [0.05, 0.1) is 6.54 Å². The molecule has 0 aromatic rings. The molecule has 0 saturated carbocycles. The second kappa shape index (κ2) is 9.36. The van der Waals surface area contributed by atoms with Crippen LogP contribution in [0.4, 0.5) is 0 Å². The van der Waals surface area contributed by atoms with Crippen molar-refractivity contribution >= 4 is 24.2 Å². The molecular formula is C16H30ClN3O2. The average molecular weight is 332 g/mol. The Hall–Kier alpha value is -0.810. The van der Waals surface area contributed by atoms with Crippen LogP contribution in [-0.2, 0) is 9.59 Å². The highest BCUT2D eigenvalue weighted by atomic mass is 35.5. The minimum absolute atomic E-state index is 0. The standard InChI is InChI=1S/C16H29N3O2.ClH/c1-13-6-3-7-14(2)19(13)11-5-9-17-15(20)12-18-10-4-8-16(18)21;/h13-14H,3-12H2,1-2H3,(H,17,20);1H. The molecular weight excluding hydrogens is 302 g/mol. The molecule has 0 aliphatic carbocycles. The third-order valence-corrected chi connectivity index (χ3v) is 4.80. The van der Waals surface area contributed by atoms with Gasteiger partial charge in [-0.3, -0.25) is 14.5 Å². The topological polar surface area (TPSA) is 52.7 Å². The van der Waals surface area contributed by atoms with Crippen LogP contribution in [0, 0.1) is 0 Å². The van der Waals surface area contributed by atoms with E-state index in [1.54, 1.807) is 4.90 Å². The van der Waals surface area contributed by atoms with Gasteiger partial charge < -0.3 is 10.2 Å². The average Bonchev–Trinajstić information content (AvgIpc) is 2.83. The van der Waals surface area contributed by atoms with E-state index in [1.165, 1.54) is 19.3 Å². The van der Waals surface area contributed by atoms with Gasteiger partial charge in [-0.05, 0) is 39.5 Å². The number of amides is 2. The maximum atomic E-state index is 11.8. The predicted octanol–water partition coefficient (Wildman–Crippen LogP) is 1.80. The SMILES string of the molecule is CC1CCCC(C)N1CCCNC(=O)CN1CCCC1=O.Cl. The van der Waals surface area contributed by atoms with Crippen LogP contribution in [0.25, 0.3) is 0 Å². The Kier molecular flexibility index (Phi) is 8.18. The molecule has 2 aliphatic rings. The smallest absolute Gasteiger partial charge is 0.239 e. The first-order valence-electron chi connectivity index (χ1n) is 8.38. The van der Waals surface area contributed by atoms with Crippen molar-refractivity contribution in [1.82, 2.24) is 15.1 Å². The lowest BCUT2D eigenvalue weighted by Crippen LogP contribution is -2.45. The van der Waals surface area contributed by atoms with Crippen molar-refractivity contribution in [3.05, 3.63) is 0 Å². The van der Waals surface area contributed by atoms with Gasteiger partial charge in [-0.15, -0.1) is 12.4 Å². The Labute approximate surface area is 140 Å². The predicted molar refractivity (Wildman–Crippen MR) is 90.2 cm³/mol. The Bertz CT molecular complexity index is 368. The zero-order valence-electron chi connectivity index (χ0n) is 13.8. The normalized spacial score (nSPS) is 25.9. The summed E-state index contributed by atoms with van der Waals surface area (Å²) in [4.78, 5) is 27.5. The summed E-state index contributed by atoms with van der Waals surface area (Å²) >= 11 is 0. The fraction of sp³-hybridized carbons (Fsp3) is 0.875. The van der Waals surface area contributed by atoms with E-state index in [2.05, 4.69) is 24.1 Å². The number of carbonyl (C=O) groups excluding carboxylic acids is 2. The molecule has 2 fully saturated rings. The molecule has 0 aromatic carbocycles. The zero-order valence-corrected chi connectivity index (χ0v) is 14.7. The Balaban J connectivity index is 0.00000242. The fourth-order valence-corrected chi connectivity index (χ4v) is 3.51. The lowest BCUT2D eigenvalue weighted by atomic mass is 9.97. The van der Waals surface area contributed by atoms with E-state index in [0.717, 1.165) is 25.9 Å². The lowest BCUT2D eigenvalue weighted by molar-refractivity contribution is -0.133. The van der Waals surface area contributed by atoms with E-state index >= 15 is 0 Å². The number of nitrogens with zero attached hydrogens (tertiary/aromatic N) is 2. The van der Waals surface area contributed by atoms with Crippen LogP contribution < -0.4 is 5.32 Å². The van der Waals surface area contributed by atoms with Gasteiger partial charge in [0.2, 0.25) is 11.8 Å². The molecule has 0 radical (unpaired) electrons. The second-order valence-electron chi connectivity index (χ2n) is 6.49. The van der Waals surface area contributed by atoms with Gasteiger partial charge in [0, 0.05) is 38.1 Å². The van der Waals surface area contributed by atoms with E-state index in [9.17, 15) is 9.59 Å². The van der Waals surface area contributed by atoms with E-state index in [0.29, 0.717) is 25.0 Å². The molecule has 2 atom stereocenters. The van der Waals surface area contributed by atoms with Crippen molar-refractivity contribution in [2.24, 2.45) is 0 Å². The highest BCUT2D eigenvalue weighted by Gasteiger charge is 2.24. The molecule has 6 heteroatoms. The van der Waals surface area contributed by atoms with Crippen molar-refractivity contribution in [2.75, 3.05) is 26.2 Å². The lowest BCUT2D eigenvalue weighted by Gasteiger charge is -2.39. The summed E-state index contributed by atoms with van der Waals surface area (Å²) in [6, 6.07) is 1.32. The maximum absolute atomic E-state index is 11.8. The first-order chi connectivity index (χ1) is 10.1. The minimum atomic E-state index is -0.0232. The summed E-state index contributed by atoms with van der Waals surface area (Å²) in [5.74, 6) is 0.0890. The molecule has 0 spiro atoms. The zero-order chi connectivity index (χ0) is 15.2. The van der Waals surface area contributed by atoms with Gasteiger partial charge in [0.1, 0.15) is 0 Å². The molecule has 0 bridgehead atoms. The summed E-state index contributed by atoms with van der Waals surface area (Å²) in [7, 11) is 0. The first-order valence-corrected chi connectivity index (χ1v) is 8.38. The molecule has 2 aliphatic heterocycles. The van der Waals surface area contributed by atoms with Gasteiger partial charge in [0.15, 0.2) is 0 Å². The van der Waals surface area contributed by atoms with Crippen LogP contribution in [-0.4, -0.2) is 59.9 Å². The van der Waals surface area contributed by atoms with E-state index in [4.69, 9.17) is 0 Å². The highest BCUT2D eigenvalue weighted by molar-refractivity contribution is 5.86. The van der Waals surface area contributed by atoms with E-state index in [-0.39, 0.29) is 30.8 Å². The number of hydrogen-bond donors (Lipinski definition) is 1. The van der Waals surface area contributed by atoms with Crippen molar-refractivity contribution in [3.63, 3.8) is 0 Å². The van der Waals surface area contributed by atoms with Crippen LogP contribution >= 0.6 is 12.4 Å². The Morgan fingerprint density at radius 2 is 1.91 bits per heavy atom.